The molecule has 0 saturated carbocycles. The Labute approximate surface area is 190 Å². The molecule has 4 aromatic rings. The number of benzene rings is 3. The van der Waals surface area contributed by atoms with Crippen LogP contribution in [0.15, 0.2) is 83.8 Å². The van der Waals surface area contributed by atoms with Gasteiger partial charge >= 0.3 is 0 Å². The van der Waals surface area contributed by atoms with Gasteiger partial charge in [0.25, 0.3) is 5.91 Å². The molecule has 0 saturated heterocycles. The van der Waals surface area contributed by atoms with Crippen LogP contribution in [-0.2, 0) is 5.75 Å². The molecule has 4 rings (SSSR count). The number of ether oxygens (including phenoxy) is 1. The Morgan fingerprint density at radius 1 is 1.00 bits per heavy atom. The van der Waals surface area contributed by atoms with Crippen LogP contribution in [0.4, 0.5) is 0 Å². The van der Waals surface area contributed by atoms with Gasteiger partial charge < -0.3 is 10.1 Å². The Kier molecular flexibility index (Phi) is 7.14. The van der Waals surface area contributed by atoms with Crippen molar-refractivity contribution in [1.82, 2.24) is 25.5 Å². The molecular weight excluding hydrogens is 422 g/mol. The first-order chi connectivity index (χ1) is 15.7. The zero-order valence-electron chi connectivity index (χ0n) is 17.6. The summed E-state index contributed by atoms with van der Waals surface area (Å²) in [5.41, 5.74) is 2.69. The summed E-state index contributed by atoms with van der Waals surface area (Å²) >= 11 is 1.52. The molecule has 162 valence electrons. The maximum absolute atomic E-state index is 12.7. The second-order valence-electron chi connectivity index (χ2n) is 7.04. The third-order valence-corrected chi connectivity index (χ3v) is 5.77. The van der Waals surface area contributed by atoms with E-state index in [1.54, 1.807) is 4.68 Å². The fourth-order valence-electron chi connectivity index (χ4n) is 3.05. The predicted molar refractivity (Wildman–Crippen MR) is 124 cm³/mol. The molecule has 1 aromatic heterocycles. The van der Waals surface area contributed by atoms with Gasteiger partial charge in [-0.1, -0.05) is 48.0 Å². The van der Waals surface area contributed by atoms with E-state index in [0.29, 0.717) is 30.3 Å². The number of para-hydroxylation sites is 1. The van der Waals surface area contributed by atoms with Gasteiger partial charge in [0, 0.05) is 4.90 Å². The zero-order valence-corrected chi connectivity index (χ0v) is 18.5. The average molecular weight is 446 g/mol. The van der Waals surface area contributed by atoms with E-state index in [1.807, 2.05) is 85.8 Å². The summed E-state index contributed by atoms with van der Waals surface area (Å²) < 4.78 is 7.39. The monoisotopic (exact) mass is 445 g/mol. The van der Waals surface area contributed by atoms with Gasteiger partial charge in [0.05, 0.1) is 23.5 Å². The SMILES string of the molecule is Cc1ccc(OCCNC(=O)c2ccccc2SCc2nnnn2-c2ccccc2)cc1. The van der Waals surface area contributed by atoms with Crippen molar-refractivity contribution < 1.29 is 9.53 Å². The van der Waals surface area contributed by atoms with Crippen LogP contribution in [0.3, 0.4) is 0 Å². The summed E-state index contributed by atoms with van der Waals surface area (Å²) in [4.78, 5) is 13.6. The number of amides is 1. The minimum absolute atomic E-state index is 0.136. The molecule has 0 spiro atoms. The number of hydrogen-bond donors (Lipinski definition) is 1. The number of aryl methyl sites for hydroxylation is 1. The second-order valence-corrected chi connectivity index (χ2v) is 8.06. The Balaban J connectivity index is 1.34. The summed E-state index contributed by atoms with van der Waals surface area (Å²) in [5.74, 6) is 1.89. The molecule has 0 bridgehead atoms. The minimum Gasteiger partial charge on any atom is -0.492 e. The van der Waals surface area contributed by atoms with Gasteiger partial charge in [0.1, 0.15) is 12.4 Å². The van der Waals surface area contributed by atoms with Crippen molar-refractivity contribution in [3.05, 3.63) is 95.8 Å². The van der Waals surface area contributed by atoms with E-state index >= 15 is 0 Å². The predicted octanol–water partition coefficient (Wildman–Crippen LogP) is 4.07. The van der Waals surface area contributed by atoms with E-state index in [0.717, 1.165) is 16.3 Å². The Morgan fingerprint density at radius 3 is 2.56 bits per heavy atom. The highest BCUT2D eigenvalue weighted by atomic mass is 32.2. The van der Waals surface area contributed by atoms with Crippen LogP contribution in [0.5, 0.6) is 5.75 Å². The highest BCUT2D eigenvalue weighted by Crippen LogP contribution is 2.26. The van der Waals surface area contributed by atoms with E-state index in [9.17, 15) is 4.79 Å². The number of aromatic nitrogens is 4. The standard InChI is InChI=1S/C24H23N5O2S/c1-18-11-13-20(14-12-18)31-16-15-25-24(30)21-9-5-6-10-22(21)32-17-23-26-27-28-29(23)19-7-3-2-4-8-19/h2-14H,15-17H2,1H3,(H,25,30). The topological polar surface area (TPSA) is 81.9 Å². The van der Waals surface area contributed by atoms with Gasteiger partial charge in [-0.25, -0.2) is 0 Å². The van der Waals surface area contributed by atoms with E-state index in [1.165, 1.54) is 17.3 Å². The smallest absolute Gasteiger partial charge is 0.252 e. The molecule has 1 N–H and O–H groups in total. The van der Waals surface area contributed by atoms with E-state index in [-0.39, 0.29) is 5.91 Å². The molecule has 0 aliphatic heterocycles. The van der Waals surface area contributed by atoms with Crippen molar-refractivity contribution in [3.8, 4) is 11.4 Å². The molecule has 1 amide bonds. The van der Waals surface area contributed by atoms with Gasteiger partial charge in [0.15, 0.2) is 5.82 Å². The lowest BCUT2D eigenvalue weighted by molar-refractivity contribution is 0.0944. The average Bonchev–Trinajstić information content (AvgIpc) is 3.31. The molecular formula is C24H23N5O2S. The number of nitrogens with zero attached hydrogens (tertiary/aromatic N) is 4. The highest BCUT2D eigenvalue weighted by Gasteiger charge is 2.14. The van der Waals surface area contributed by atoms with E-state index < -0.39 is 0 Å². The van der Waals surface area contributed by atoms with Gasteiger partial charge in [0.2, 0.25) is 0 Å². The third kappa shape index (κ3) is 5.53. The Hall–Kier alpha value is -3.65. The quantitative estimate of drug-likeness (QED) is 0.309. The van der Waals surface area contributed by atoms with Crippen LogP contribution < -0.4 is 10.1 Å². The summed E-state index contributed by atoms with van der Waals surface area (Å²) in [6.45, 7) is 2.84. The number of rotatable bonds is 9. The van der Waals surface area contributed by atoms with Crippen molar-refractivity contribution in [2.45, 2.75) is 17.6 Å². The van der Waals surface area contributed by atoms with Crippen molar-refractivity contribution in [2.75, 3.05) is 13.2 Å². The maximum atomic E-state index is 12.7. The van der Waals surface area contributed by atoms with Crippen molar-refractivity contribution >= 4 is 17.7 Å². The number of thioether (sulfide) groups is 1. The lowest BCUT2D eigenvalue weighted by Crippen LogP contribution is -2.28. The van der Waals surface area contributed by atoms with Crippen molar-refractivity contribution in [3.63, 3.8) is 0 Å². The first kappa shape index (κ1) is 21.6. The minimum atomic E-state index is -0.136. The van der Waals surface area contributed by atoms with Crippen LogP contribution in [0.25, 0.3) is 5.69 Å². The summed E-state index contributed by atoms with van der Waals surface area (Å²) in [7, 11) is 0. The zero-order chi connectivity index (χ0) is 22.2. The lowest BCUT2D eigenvalue weighted by Gasteiger charge is -2.11. The molecule has 0 atom stereocenters. The fourth-order valence-corrected chi connectivity index (χ4v) is 4.01. The van der Waals surface area contributed by atoms with Crippen LogP contribution in [-0.4, -0.2) is 39.3 Å². The fraction of sp³-hybridized carbons (Fsp3) is 0.167. The van der Waals surface area contributed by atoms with Crippen LogP contribution in [0.1, 0.15) is 21.7 Å². The Bertz CT molecular complexity index is 1160. The van der Waals surface area contributed by atoms with Gasteiger partial charge in [-0.05, 0) is 53.7 Å². The third-order valence-electron chi connectivity index (χ3n) is 4.70. The molecule has 0 fully saturated rings. The summed E-state index contributed by atoms with van der Waals surface area (Å²) in [6, 6.07) is 25.1. The van der Waals surface area contributed by atoms with Crippen LogP contribution >= 0.6 is 11.8 Å². The largest absolute Gasteiger partial charge is 0.492 e. The maximum Gasteiger partial charge on any atom is 0.252 e. The van der Waals surface area contributed by atoms with E-state index in [4.69, 9.17) is 4.74 Å². The first-order valence-corrected chi connectivity index (χ1v) is 11.2. The molecule has 0 radical (unpaired) electrons. The molecule has 7 nitrogen and oxygen atoms in total. The van der Waals surface area contributed by atoms with Crippen molar-refractivity contribution in [2.24, 2.45) is 0 Å². The number of tetrazole rings is 1. The Morgan fingerprint density at radius 2 is 1.75 bits per heavy atom. The van der Waals surface area contributed by atoms with Crippen molar-refractivity contribution in [1.29, 1.82) is 0 Å². The highest BCUT2D eigenvalue weighted by molar-refractivity contribution is 7.98. The summed E-state index contributed by atoms with van der Waals surface area (Å²) in [5, 5.41) is 15.0. The van der Waals surface area contributed by atoms with Crippen LogP contribution in [0, 0.1) is 6.92 Å². The first-order valence-electron chi connectivity index (χ1n) is 10.2. The number of nitrogens with one attached hydrogen (secondary N) is 1. The molecule has 32 heavy (non-hydrogen) atoms. The molecule has 0 aliphatic rings. The number of carbonyl (C=O) groups excluding carboxylic acids is 1. The number of hydrogen-bond acceptors (Lipinski definition) is 6. The second kappa shape index (κ2) is 10.6. The number of carbonyl (C=O) groups is 1. The van der Waals surface area contributed by atoms with Gasteiger partial charge in [-0.15, -0.1) is 16.9 Å². The molecule has 8 heteroatoms. The molecule has 1 heterocycles. The normalized spacial score (nSPS) is 10.7. The van der Waals surface area contributed by atoms with Gasteiger partial charge in [-0.2, -0.15) is 4.68 Å². The molecule has 3 aromatic carbocycles. The molecule has 0 unspecified atom stereocenters. The lowest BCUT2D eigenvalue weighted by atomic mass is 10.2. The summed E-state index contributed by atoms with van der Waals surface area (Å²) in [6.07, 6.45) is 0. The molecule has 0 aliphatic carbocycles. The van der Waals surface area contributed by atoms with Crippen LogP contribution in [0.2, 0.25) is 0 Å². The van der Waals surface area contributed by atoms with E-state index in [2.05, 4.69) is 20.8 Å². The van der Waals surface area contributed by atoms with Gasteiger partial charge in [-0.3, -0.25) is 4.79 Å².